The molecule has 2 N–H and O–H groups in total. The van der Waals surface area contributed by atoms with Gasteiger partial charge in [-0.2, -0.15) is 0 Å². The second kappa shape index (κ2) is 10.8. The van der Waals surface area contributed by atoms with E-state index >= 15 is 0 Å². The molecule has 7 heteroatoms. The maximum Gasteiger partial charge on any atom is 0.227 e. The highest BCUT2D eigenvalue weighted by molar-refractivity contribution is 5.85. The lowest BCUT2D eigenvalue weighted by molar-refractivity contribution is -0.137. The van der Waals surface area contributed by atoms with E-state index in [-0.39, 0.29) is 42.7 Å². The van der Waals surface area contributed by atoms with Crippen molar-refractivity contribution in [1.29, 1.82) is 0 Å². The fraction of sp³-hybridized carbons (Fsp3) is 0.588. The van der Waals surface area contributed by atoms with Crippen molar-refractivity contribution in [1.82, 2.24) is 9.80 Å². The lowest BCUT2D eigenvalue weighted by Gasteiger charge is -2.36. The predicted octanol–water partition coefficient (Wildman–Crippen LogP) is 2.17. The molecule has 138 valence electrons. The van der Waals surface area contributed by atoms with Crippen molar-refractivity contribution in [3.8, 4) is 5.75 Å². The number of hydrogen-bond acceptors (Lipinski definition) is 4. The lowest BCUT2D eigenvalue weighted by Crippen LogP contribution is -2.51. The number of halogens is 2. The number of methoxy groups -OCH3 is 1. The first-order valence-electron chi connectivity index (χ1n) is 7.91. The molecular formula is C17H29Cl2N3O2. The lowest BCUT2D eigenvalue weighted by atomic mass is 10.0. The summed E-state index contributed by atoms with van der Waals surface area (Å²) >= 11 is 0. The van der Waals surface area contributed by atoms with Gasteiger partial charge in [0.15, 0.2) is 0 Å². The maximum atomic E-state index is 12.3. The third kappa shape index (κ3) is 5.81. The van der Waals surface area contributed by atoms with E-state index in [4.69, 9.17) is 10.5 Å². The second-order valence-corrected chi connectivity index (χ2v) is 6.06. The summed E-state index contributed by atoms with van der Waals surface area (Å²) < 4.78 is 5.40. The van der Waals surface area contributed by atoms with Gasteiger partial charge in [0.25, 0.3) is 0 Å². The van der Waals surface area contributed by atoms with Gasteiger partial charge >= 0.3 is 0 Å². The van der Waals surface area contributed by atoms with E-state index < -0.39 is 0 Å². The minimum absolute atomic E-state index is 0. The highest BCUT2D eigenvalue weighted by Gasteiger charge is 2.26. The quantitative estimate of drug-likeness (QED) is 0.853. The van der Waals surface area contributed by atoms with Gasteiger partial charge in [-0.15, -0.1) is 24.8 Å². The summed E-state index contributed by atoms with van der Waals surface area (Å²) in [6.07, 6.45) is 0. The van der Waals surface area contributed by atoms with Crippen LogP contribution in [0.25, 0.3) is 0 Å². The summed E-state index contributed by atoms with van der Waals surface area (Å²) in [5.41, 5.74) is 7.02. The summed E-state index contributed by atoms with van der Waals surface area (Å²) in [4.78, 5) is 16.6. The van der Waals surface area contributed by atoms with Gasteiger partial charge in [-0.3, -0.25) is 9.69 Å². The fourth-order valence-corrected chi connectivity index (χ4v) is 2.71. The summed E-state index contributed by atoms with van der Waals surface area (Å²) in [5.74, 6) is 0.985. The number of hydrogen-bond donors (Lipinski definition) is 1. The van der Waals surface area contributed by atoms with Gasteiger partial charge in [0.1, 0.15) is 5.75 Å². The summed E-state index contributed by atoms with van der Waals surface area (Å²) in [5, 5.41) is 0. The first-order chi connectivity index (χ1) is 10.5. The van der Waals surface area contributed by atoms with Crippen molar-refractivity contribution in [2.24, 2.45) is 11.7 Å². The third-order valence-electron chi connectivity index (χ3n) is 4.45. The average Bonchev–Trinajstić information content (AvgIpc) is 2.54. The van der Waals surface area contributed by atoms with Crippen LogP contribution < -0.4 is 10.5 Å². The molecule has 1 saturated heterocycles. The van der Waals surface area contributed by atoms with E-state index in [1.54, 1.807) is 7.11 Å². The molecule has 2 unspecified atom stereocenters. The van der Waals surface area contributed by atoms with Gasteiger partial charge in [-0.1, -0.05) is 25.1 Å². The minimum Gasteiger partial charge on any atom is -0.496 e. The van der Waals surface area contributed by atoms with Crippen molar-refractivity contribution in [3.05, 3.63) is 29.8 Å². The number of amides is 1. The van der Waals surface area contributed by atoms with Crippen molar-refractivity contribution in [3.63, 3.8) is 0 Å². The summed E-state index contributed by atoms with van der Waals surface area (Å²) in [6.45, 7) is 7.96. The number of carbonyl (C=O) groups excluding carboxylic acids is 1. The topological polar surface area (TPSA) is 58.8 Å². The molecule has 2 rings (SSSR count). The molecule has 0 bridgehead atoms. The molecule has 1 aromatic rings. The molecule has 1 heterocycles. The Morgan fingerprint density at radius 1 is 1.17 bits per heavy atom. The monoisotopic (exact) mass is 377 g/mol. The van der Waals surface area contributed by atoms with Crippen LogP contribution in [0, 0.1) is 5.92 Å². The Labute approximate surface area is 157 Å². The molecule has 1 fully saturated rings. The van der Waals surface area contributed by atoms with E-state index in [0.717, 1.165) is 38.5 Å². The normalized spacial score (nSPS) is 17.2. The van der Waals surface area contributed by atoms with Crippen molar-refractivity contribution in [2.45, 2.75) is 26.4 Å². The molecule has 0 saturated carbocycles. The van der Waals surface area contributed by atoms with Crippen LogP contribution in [-0.4, -0.2) is 55.0 Å². The predicted molar refractivity (Wildman–Crippen MR) is 102 cm³/mol. The molecule has 1 aromatic carbocycles. The Hall–Kier alpha value is -1.01. The number of rotatable bonds is 5. The largest absolute Gasteiger partial charge is 0.496 e. The van der Waals surface area contributed by atoms with Gasteiger partial charge in [0.05, 0.1) is 13.0 Å². The Balaban J connectivity index is 0.00000264. The zero-order valence-electron chi connectivity index (χ0n) is 14.6. The first kappa shape index (κ1) is 23.0. The number of nitrogens with two attached hydrogens (primary N) is 1. The number of nitrogens with zero attached hydrogens (tertiary/aromatic N) is 2. The molecule has 1 amide bonds. The summed E-state index contributed by atoms with van der Waals surface area (Å²) in [7, 11) is 1.70. The SMILES string of the molecule is COc1ccccc1CN1CCN(C(=O)C(C)C(C)N)CC1.Cl.Cl. The molecule has 0 aromatic heterocycles. The molecule has 5 nitrogen and oxygen atoms in total. The highest BCUT2D eigenvalue weighted by atomic mass is 35.5. The van der Waals surface area contributed by atoms with E-state index in [1.165, 1.54) is 5.56 Å². The molecule has 0 aliphatic carbocycles. The second-order valence-electron chi connectivity index (χ2n) is 6.06. The van der Waals surface area contributed by atoms with Gasteiger partial charge in [0, 0.05) is 44.3 Å². The number of piperazine rings is 1. The van der Waals surface area contributed by atoms with Crippen molar-refractivity contribution >= 4 is 30.7 Å². The number of ether oxygens (including phenoxy) is 1. The van der Waals surface area contributed by atoms with Crippen LogP contribution in [-0.2, 0) is 11.3 Å². The minimum atomic E-state index is -0.110. The van der Waals surface area contributed by atoms with Crippen LogP contribution in [0.5, 0.6) is 5.75 Å². The molecule has 0 spiro atoms. The molecule has 24 heavy (non-hydrogen) atoms. The van der Waals surface area contributed by atoms with Crippen LogP contribution in [0.1, 0.15) is 19.4 Å². The molecule has 0 radical (unpaired) electrons. The standard InChI is InChI=1S/C17H27N3O2.2ClH/c1-13(14(2)18)17(21)20-10-8-19(9-11-20)12-15-6-4-5-7-16(15)22-3;;/h4-7,13-14H,8-12,18H2,1-3H3;2*1H. The summed E-state index contributed by atoms with van der Waals surface area (Å²) in [6, 6.07) is 7.99. The Bertz CT molecular complexity index is 506. The van der Waals surface area contributed by atoms with Crippen LogP contribution >= 0.6 is 24.8 Å². The van der Waals surface area contributed by atoms with Crippen LogP contribution in [0.4, 0.5) is 0 Å². The van der Waals surface area contributed by atoms with Gasteiger partial charge in [-0.05, 0) is 13.0 Å². The fourth-order valence-electron chi connectivity index (χ4n) is 2.71. The first-order valence-corrected chi connectivity index (χ1v) is 7.91. The van der Waals surface area contributed by atoms with Gasteiger partial charge in [0.2, 0.25) is 5.91 Å². The maximum absolute atomic E-state index is 12.3. The Morgan fingerprint density at radius 3 is 2.29 bits per heavy atom. The molecule has 2 atom stereocenters. The highest BCUT2D eigenvalue weighted by Crippen LogP contribution is 2.20. The zero-order chi connectivity index (χ0) is 16.1. The van der Waals surface area contributed by atoms with E-state index in [2.05, 4.69) is 11.0 Å². The third-order valence-corrected chi connectivity index (χ3v) is 4.45. The van der Waals surface area contributed by atoms with Crippen molar-refractivity contribution in [2.75, 3.05) is 33.3 Å². The van der Waals surface area contributed by atoms with E-state index in [0.29, 0.717) is 0 Å². The molecule has 1 aliphatic heterocycles. The van der Waals surface area contributed by atoms with Gasteiger partial charge < -0.3 is 15.4 Å². The molecule has 1 aliphatic rings. The average molecular weight is 378 g/mol. The molecular weight excluding hydrogens is 349 g/mol. The smallest absolute Gasteiger partial charge is 0.227 e. The van der Waals surface area contributed by atoms with Gasteiger partial charge in [-0.25, -0.2) is 0 Å². The van der Waals surface area contributed by atoms with Crippen LogP contribution in [0.2, 0.25) is 0 Å². The number of para-hydroxylation sites is 1. The zero-order valence-corrected chi connectivity index (χ0v) is 16.2. The van der Waals surface area contributed by atoms with Crippen LogP contribution in [0.15, 0.2) is 24.3 Å². The number of carbonyl (C=O) groups is 1. The Morgan fingerprint density at radius 2 is 1.75 bits per heavy atom. The van der Waals surface area contributed by atoms with Crippen LogP contribution in [0.3, 0.4) is 0 Å². The van der Waals surface area contributed by atoms with E-state index in [9.17, 15) is 4.79 Å². The van der Waals surface area contributed by atoms with Crippen molar-refractivity contribution < 1.29 is 9.53 Å². The number of benzene rings is 1. The van der Waals surface area contributed by atoms with E-state index in [1.807, 2.05) is 36.9 Å². The Kier molecular flexibility index (Phi) is 10.3.